The minimum absolute atomic E-state index is 0.174. The number of nitro groups is 1. The molecule has 35 heavy (non-hydrogen) atoms. The number of nitrogens with zero attached hydrogens (tertiary/aromatic N) is 4. The van der Waals surface area contributed by atoms with E-state index in [4.69, 9.17) is 4.74 Å². The zero-order valence-electron chi connectivity index (χ0n) is 17.7. The van der Waals surface area contributed by atoms with E-state index in [9.17, 15) is 20.2 Å². The number of anilines is 1. The molecule has 0 bridgehead atoms. The monoisotopic (exact) mass is 615 g/mol. The summed E-state index contributed by atoms with van der Waals surface area (Å²) in [5, 5.41) is 28.2. The molecule has 0 aliphatic rings. The molecular formula is C23H14IN5O4S2. The molecule has 0 fully saturated rings. The summed E-state index contributed by atoms with van der Waals surface area (Å²) in [7, 11) is 0. The molecule has 2 heterocycles. The number of rotatable bonds is 8. The average molecular weight is 615 g/mol. The van der Waals surface area contributed by atoms with Gasteiger partial charge in [-0.25, -0.2) is 9.97 Å². The second kappa shape index (κ2) is 11.2. The number of halogens is 1. The minimum Gasteiger partial charge on any atom is -0.483 e. The smallest absolute Gasteiger partial charge is 0.270 e. The standard InChI is InChI=1S/C23H14IN5O4S2/c24-17-3-1-14(2-4-17)19-13-35-22(27-19)16(11-25)9-15-10-18(29(31)32)5-6-20(15)33-12-21(30)28-23-26-7-8-34-23/h1-10,13H,12H2,(H,26,28,30). The van der Waals surface area contributed by atoms with Crippen LogP contribution < -0.4 is 10.1 Å². The molecular weight excluding hydrogens is 601 g/mol. The van der Waals surface area contributed by atoms with Crippen LogP contribution in [0.25, 0.3) is 22.9 Å². The lowest BCUT2D eigenvalue weighted by molar-refractivity contribution is -0.384. The van der Waals surface area contributed by atoms with Crippen molar-refractivity contribution < 1.29 is 14.5 Å². The van der Waals surface area contributed by atoms with Crippen molar-refractivity contribution in [3.8, 4) is 23.1 Å². The summed E-state index contributed by atoms with van der Waals surface area (Å²) >= 11 is 4.77. The lowest BCUT2D eigenvalue weighted by atomic mass is 10.1. The van der Waals surface area contributed by atoms with Crippen molar-refractivity contribution in [3.05, 3.63) is 83.7 Å². The first-order chi connectivity index (χ1) is 16.9. The molecule has 0 aliphatic carbocycles. The van der Waals surface area contributed by atoms with Crippen molar-refractivity contribution in [2.45, 2.75) is 0 Å². The number of thiazole rings is 2. The van der Waals surface area contributed by atoms with E-state index in [1.54, 1.807) is 11.6 Å². The topological polar surface area (TPSA) is 131 Å². The van der Waals surface area contributed by atoms with Gasteiger partial charge in [-0.3, -0.25) is 20.2 Å². The van der Waals surface area contributed by atoms with Gasteiger partial charge in [-0.2, -0.15) is 5.26 Å². The summed E-state index contributed by atoms with van der Waals surface area (Å²) in [5.41, 5.74) is 1.95. The molecule has 1 amide bonds. The summed E-state index contributed by atoms with van der Waals surface area (Å²) in [6.07, 6.45) is 3.03. The highest BCUT2D eigenvalue weighted by Gasteiger charge is 2.15. The van der Waals surface area contributed by atoms with Gasteiger partial charge in [0.05, 0.1) is 16.2 Å². The Hall–Kier alpha value is -3.67. The lowest BCUT2D eigenvalue weighted by Crippen LogP contribution is -2.20. The predicted octanol–water partition coefficient (Wildman–Crippen LogP) is 5.86. The number of nitro benzene ring substituents is 1. The molecule has 4 aromatic rings. The third-order valence-electron chi connectivity index (χ3n) is 4.54. The number of nitrogens with one attached hydrogen (secondary N) is 1. The highest BCUT2D eigenvalue weighted by atomic mass is 127. The molecule has 0 saturated heterocycles. The maximum Gasteiger partial charge on any atom is 0.270 e. The molecule has 2 aromatic heterocycles. The van der Waals surface area contributed by atoms with Crippen LogP contribution in [0.5, 0.6) is 5.75 Å². The fraction of sp³-hybridized carbons (Fsp3) is 0.0435. The van der Waals surface area contributed by atoms with E-state index in [0.717, 1.165) is 14.8 Å². The average Bonchev–Trinajstić information content (AvgIpc) is 3.54. The van der Waals surface area contributed by atoms with Crippen LogP contribution in [0.2, 0.25) is 0 Å². The first-order valence-electron chi connectivity index (χ1n) is 9.87. The fourth-order valence-electron chi connectivity index (χ4n) is 2.93. The van der Waals surface area contributed by atoms with Crippen LogP contribution in [0.3, 0.4) is 0 Å². The number of ether oxygens (including phenoxy) is 1. The zero-order valence-corrected chi connectivity index (χ0v) is 21.5. The van der Waals surface area contributed by atoms with E-state index in [1.807, 2.05) is 29.6 Å². The van der Waals surface area contributed by atoms with Gasteiger partial charge in [0.15, 0.2) is 11.7 Å². The van der Waals surface area contributed by atoms with Crippen molar-refractivity contribution in [1.29, 1.82) is 5.26 Å². The van der Waals surface area contributed by atoms with E-state index in [-0.39, 0.29) is 29.2 Å². The van der Waals surface area contributed by atoms with Crippen molar-refractivity contribution in [2.75, 3.05) is 11.9 Å². The Kier molecular flexibility index (Phi) is 7.80. The number of carbonyl (C=O) groups excluding carboxylic acids is 1. The quantitative estimate of drug-likeness (QED) is 0.114. The molecule has 9 nitrogen and oxygen atoms in total. The zero-order chi connectivity index (χ0) is 24.8. The minimum atomic E-state index is -0.541. The van der Waals surface area contributed by atoms with E-state index in [1.165, 1.54) is 46.9 Å². The van der Waals surface area contributed by atoms with Crippen molar-refractivity contribution in [2.24, 2.45) is 0 Å². The number of nitriles is 1. The second-order valence-corrected chi connectivity index (χ2v) is 9.87. The van der Waals surface area contributed by atoms with Gasteiger partial charge in [0.1, 0.15) is 16.8 Å². The first kappa shape index (κ1) is 24.5. The summed E-state index contributed by atoms with van der Waals surface area (Å²) in [5.74, 6) is -0.220. The van der Waals surface area contributed by atoms with Crippen LogP contribution in [0.15, 0.2) is 59.4 Å². The van der Waals surface area contributed by atoms with Crippen LogP contribution in [-0.4, -0.2) is 27.4 Å². The van der Waals surface area contributed by atoms with Gasteiger partial charge in [-0.15, -0.1) is 22.7 Å². The Bertz CT molecular complexity index is 1440. The number of hydrogen-bond acceptors (Lipinski definition) is 9. The Morgan fingerprint density at radius 3 is 2.74 bits per heavy atom. The molecule has 0 radical (unpaired) electrons. The predicted molar refractivity (Wildman–Crippen MR) is 143 cm³/mol. The van der Waals surface area contributed by atoms with Gasteiger partial charge in [0.25, 0.3) is 11.6 Å². The Balaban J connectivity index is 1.61. The summed E-state index contributed by atoms with van der Waals surface area (Å²) in [6.45, 7) is -0.339. The SMILES string of the molecule is N#CC(=Cc1cc([N+](=O)[O-])ccc1OCC(=O)Nc1nccs1)c1nc(-c2ccc(I)cc2)cs1. The third kappa shape index (κ3) is 6.27. The summed E-state index contributed by atoms with van der Waals surface area (Å²) in [6, 6.07) is 13.9. The maximum atomic E-state index is 12.2. The normalized spacial score (nSPS) is 11.0. The van der Waals surface area contributed by atoms with E-state index in [0.29, 0.717) is 10.1 Å². The molecule has 0 atom stereocenters. The molecule has 0 spiro atoms. The molecule has 4 rings (SSSR count). The molecule has 12 heteroatoms. The van der Waals surface area contributed by atoms with E-state index in [2.05, 4.69) is 43.9 Å². The number of amides is 1. The third-order valence-corrected chi connectivity index (χ3v) is 6.82. The highest BCUT2D eigenvalue weighted by Crippen LogP contribution is 2.31. The number of benzene rings is 2. The second-order valence-electron chi connectivity index (χ2n) is 6.87. The molecule has 0 unspecified atom stereocenters. The van der Waals surface area contributed by atoms with E-state index < -0.39 is 10.8 Å². The van der Waals surface area contributed by atoms with Crippen LogP contribution >= 0.6 is 45.3 Å². The molecule has 174 valence electrons. The Labute approximate surface area is 221 Å². The maximum absolute atomic E-state index is 12.2. The van der Waals surface area contributed by atoms with Gasteiger partial charge >= 0.3 is 0 Å². The van der Waals surface area contributed by atoms with Crippen molar-refractivity contribution in [3.63, 3.8) is 0 Å². The number of non-ortho nitro benzene ring substituents is 1. The summed E-state index contributed by atoms with van der Waals surface area (Å²) in [4.78, 5) is 31.5. The highest BCUT2D eigenvalue weighted by molar-refractivity contribution is 14.1. The van der Waals surface area contributed by atoms with Gasteiger partial charge < -0.3 is 4.74 Å². The Morgan fingerprint density at radius 2 is 2.06 bits per heavy atom. The van der Waals surface area contributed by atoms with E-state index >= 15 is 0 Å². The van der Waals surface area contributed by atoms with Gasteiger partial charge in [-0.1, -0.05) is 12.1 Å². The van der Waals surface area contributed by atoms with Crippen molar-refractivity contribution in [1.82, 2.24) is 9.97 Å². The largest absolute Gasteiger partial charge is 0.483 e. The van der Waals surface area contributed by atoms with Crippen LogP contribution in [0.1, 0.15) is 10.6 Å². The number of aromatic nitrogens is 2. The summed E-state index contributed by atoms with van der Waals surface area (Å²) < 4.78 is 6.72. The number of carbonyl (C=O) groups is 1. The van der Waals surface area contributed by atoms with Gasteiger partial charge in [-0.05, 0) is 46.9 Å². The van der Waals surface area contributed by atoms with Gasteiger partial charge in [0.2, 0.25) is 0 Å². The molecule has 0 aliphatic heterocycles. The van der Waals surface area contributed by atoms with Crippen LogP contribution in [0, 0.1) is 25.0 Å². The Morgan fingerprint density at radius 1 is 1.26 bits per heavy atom. The van der Waals surface area contributed by atoms with Gasteiger partial charge in [0, 0.05) is 43.8 Å². The van der Waals surface area contributed by atoms with Crippen LogP contribution in [-0.2, 0) is 4.79 Å². The fourth-order valence-corrected chi connectivity index (χ4v) is 4.62. The number of hydrogen-bond donors (Lipinski definition) is 1. The molecule has 0 saturated carbocycles. The lowest BCUT2D eigenvalue weighted by Gasteiger charge is -2.09. The first-order valence-corrected chi connectivity index (χ1v) is 12.7. The van der Waals surface area contributed by atoms with Crippen LogP contribution in [0.4, 0.5) is 10.8 Å². The molecule has 2 aromatic carbocycles. The number of allylic oxidation sites excluding steroid dienone is 1. The van der Waals surface area contributed by atoms with Crippen molar-refractivity contribution >= 4 is 73.6 Å². The molecule has 1 N–H and O–H groups in total.